The first-order chi connectivity index (χ1) is 9.04. The van der Waals surface area contributed by atoms with E-state index < -0.39 is 0 Å². The molecule has 2 rings (SSSR count). The molecule has 1 aliphatic rings. The monoisotopic (exact) mass is 262 g/mol. The van der Waals surface area contributed by atoms with Gasteiger partial charge in [0, 0.05) is 18.3 Å². The van der Waals surface area contributed by atoms with Crippen molar-refractivity contribution >= 4 is 11.6 Å². The van der Waals surface area contributed by atoms with Crippen LogP contribution in [-0.4, -0.2) is 30.5 Å². The molecule has 1 aliphatic heterocycles. The maximum atomic E-state index is 12.7. The summed E-state index contributed by atoms with van der Waals surface area (Å²) >= 11 is 0. The van der Waals surface area contributed by atoms with Gasteiger partial charge in [-0.25, -0.2) is 0 Å². The fourth-order valence-electron chi connectivity index (χ4n) is 2.66. The van der Waals surface area contributed by atoms with E-state index in [2.05, 4.69) is 13.8 Å². The third-order valence-electron chi connectivity index (χ3n) is 3.87. The zero-order chi connectivity index (χ0) is 14.0. The van der Waals surface area contributed by atoms with Crippen LogP contribution in [0.4, 0.5) is 5.69 Å². The van der Waals surface area contributed by atoms with Crippen LogP contribution in [0.15, 0.2) is 18.2 Å². The molecule has 2 unspecified atom stereocenters. The summed E-state index contributed by atoms with van der Waals surface area (Å²) in [7, 11) is 1.56. The largest absolute Gasteiger partial charge is 0.496 e. The smallest absolute Gasteiger partial charge is 0.259 e. The maximum Gasteiger partial charge on any atom is 0.259 e. The summed E-state index contributed by atoms with van der Waals surface area (Å²) in [6, 6.07) is 5.58. The van der Waals surface area contributed by atoms with Gasteiger partial charge < -0.3 is 15.4 Å². The van der Waals surface area contributed by atoms with Crippen molar-refractivity contribution in [2.45, 2.75) is 32.7 Å². The SMILES string of the molecule is COc1cccc(N)c1C(=O)N1CC(C)CCC1C. The molecular weight excluding hydrogens is 240 g/mol. The summed E-state index contributed by atoms with van der Waals surface area (Å²) in [5, 5.41) is 0. The second-order valence-corrected chi connectivity index (χ2v) is 5.41. The van der Waals surface area contributed by atoms with Gasteiger partial charge in [0.1, 0.15) is 11.3 Å². The highest BCUT2D eigenvalue weighted by molar-refractivity contribution is 6.02. The molecule has 0 radical (unpaired) electrons. The van der Waals surface area contributed by atoms with Crippen LogP contribution in [0.1, 0.15) is 37.0 Å². The van der Waals surface area contributed by atoms with Gasteiger partial charge in [0.15, 0.2) is 0 Å². The summed E-state index contributed by atoms with van der Waals surface area (Å²) in [6.07, 6.45) is 2.22. The number of rotatable bonds is 2. The number of amides is 1. The van der Waals surface area contributed by atoms with Crippen molar-refractivity contribution < 1.29 is 9.53 Å². The van der Waals surface area contributed by atoms with E-state index in [0.717, 1.165) is 13.0 Å². The van der Waals surface area contributed by atoms with Crippen molar-refractivity contribution in [1.82, 2.24) is 4.90 Å². The molecule has 0 bridgehead atoms. The first-order valence-electron chi connectivity index (χ1n) is 6.78. The third-order valence-corrected chi connectivity index (χ3v) is 3.87. The van der Waals surface area contributed by atoms with E-state index in [1.165, 1.54) is 6.42 Å². The first-order valence-corrected chi connectivity index (χ1v) is 6.78. The molecule has 0 spiro atoms. The van der Waals surface area contributed by atoms with Crippen LogP contribution < -0.4 is 10.5 Å². The van der Waals surface area contributed by atoms with Gasteiger partial charge in [-0.3, -0.25) is 4.79 Å². The maximum absolute atomic E-state index is 12.7. The highest BCUT2D eigenvalue weighted by Gasteiger charge is 2.30. The molecule has 0 aliphatic carbocycles. The molecule has 2 atom stereocenters. The number of ether oxygens (including phenoxy) is 1. The second-order valence-electron chi connectivity index (χ2n) is 5.41. The van der Waals surface area contributed by atoms with Crippen LogP contribution in [0.3, 0.4) is 0 Å². The van der Waals surface area contributed by atoms with E-state index in [1.807, 2.05) is 4.90 Å². The number of carbonyl (C=O) groups is 1. The molecule has 19 heavy (non-hydrogen) atoms. The Morgan fingerprint density at radius 2 is 2.11 bits per heavy atom. The van der Waals surface area contributed by atoms with E-state index in [1.54, 1.807) is 25.3 Å². The Balaban J connectivity index is 2.33. The fraction of sp³-hybridized carbons (Fsp3) is 0.533. The molecule has 1 aromatic carbocycles. The number of nitrogens with zero attached hydrogens (tertiary/aromatic N) is 1. The number of anilines is 1. The summed E-state index contributed by atoms with van der Waals surface area (Å²) in [5.74, 6) is 1.07. The average molecular weight is 262 g/mol. The minimum Gasteiger partial charge on any atom is -0.496 e. The summed E-state index contributed by atoms with van der Waals surface area (Å²) in [6.45, 7) is 5.06. The first kappa shape index (κ1) is 13.7. The highest BCUT2D eigenvalue weighted by atomic mass is 16.5. The number of nitrogens with two attached hydrogens (primary N) is 1. The Morgan fingerprint density at radius 3 is 2.79 bits per heavy atom. The molecule has 0 saturated carbocycles. The van der Waals surface area contributed by atoms with E-state index in [-0.39, 0.29) is 11.9 Å². The number of benzene rings is 1. The fourth-order valence-corrected chi connectivity index (χ4v) is 2.66. The minimum absolute atomic E-state index is 0.0194. The molecule has 104 valence electrons. The van der Waals surface area contributed by atoms with Crippen LogP contribution in [0.25, 0.3) is 0 Å². The molecule has 1 heterocycles. The number of piperidine rings is 1. The van der Waals surface area contributed by atoms with Crippen molar-refractivity contribution in [2.75, 3.05) is 19.4 Å². The summed E-state index contributed by atoms with van der Waals surface area (Å²) in [5.41, 5.74) is 6.93. The quantitative estimate of drug-likeness (QED) is 0.833. The van der Waals surface area contributed by atoms with E-state index in [0.29, 0.717) is 22.9 Å². The van der Waals surface area contributed by atoms with E-state index in [4.69, 9.17) is 10.5 Å². The predicted molar refractivity (Wildman–Crippen MR) is 76.3 cm³/mol. The number of hydrogen-bond donors (Lipinski definition) is 1. The van der Waals surface area contributed by atoms with E-state index >= 15 is 0 Å². The molecule has 2 N–H and O–H groups in total. The van der Waals surface area contributed by atoms with Crippen molar-refractivity contribution in [3.8, 4) is 5.75 Å². The summed E-state index contributed by atoms with van der Waals surface area (Å²) in [4.78, 5) is 14.6. The molecule has 4 heteroatoms. The zero-order valence-corrected chi connectivity index (χ0v) is 11.8. The number of nitrogen functional groups attached to an aromatic ring is 1. The van der Waals surface area contributed by atoms with Crippen molar-refractivity contribution in [3.05, 3.63) is 23.8 Å². The predicted octanol–water partition coefficient (Wildman–Crippen LogP) is 2.54. The molecule has 1 amide bonds. The molecule has 1 saturated heterocycles. The van der Waals surface area contributed by atoms with Gasteiger partial charge in [-0.2, -0.15) is 0 Å². The van der Waals surface area contributed by atoms with Gasteiger partial charge in [0.25, 0.3) is 5.91 Å². The number of methoxy groups -OCH3 is 1. The Morgan fingerprint density at radius 1 is 1.37 bits per heavy atom. The van der Waals surface area contributed by atoms with Crippen LogP contribution in [0, 0.1) is 5.92 Å². The average Bonchev–Trinajstić information content (AvgIpc) is 2.40. The lowest BCUT2D eigenvalue weighted by molar-refractivity contribution is 0.0572. The van der Waals surface area contributed by atoms with E-state index in [9.17, 15) is 4.79 Å². The van der Waals surface area contributed by atoms with Crippen LogP contribution >= 0.6 is 0 Å². The van der Waals surface area contributed by atoms with Gasteiger partial charge in [0.2, 0.25) is 0 Å². The van der Waals surface area contributed by atoms with Gasteiger partial charge in [-0.1, -0.05) is 13.0 Å². The summed E-state index contributed by atoms with van der Waals surface area (Å²) < 4.78 is 5.27. The van der Waals surface area contributed by atoms with Crippen molar-refractivity contribution in [2.24, 2.45) is 5.92 Å². The number of hydrogen-bond acceptors (Lipinski definition) is 3. The molecule has 4 nitrogen and oxygen atoms in total. The van der Waals surface area contributed by atoms with Gasteiger partial charge in [-0.05, 0) is 37.8 Å². The van der Waals surface area contributed by atoms with Gasteiger partial charge in [0.05, 0.1) is 7.11 Å². The van der Waals surface area contributed by atoms with Crippen LogP contribution in [0.5, 0.6) is 5.75 Å². The topological polar surface area (TPSA) is 55.6 Å². The third kappa shape index (κ3) is 2.67. The molecule has 1 fully saturated rings. The van der Waals surface area contributed by atoms with Gasteiger partial charge >= 0.3 is 0 Å². The van der Waals surface area contributed by atoms with Crippen molar-refractivity contribution in [1.29, 1.82) is 0 Å². The lowest BCUT2D eigenvalue weighted by atomic mass is 9.94. The molecular formula is C15H22N2O2. The lowest BCUT2D eigenvalue weighted by Gasteiger charge is -2.37. The standard InChI is InChI=1S/C15H22N2O2/c1-10-7-8-11(2)17(9-10)15(18)14-12(16)5-4-6-13(14)19-3/h4-6,10-11H,7-9,16H2,1-3H3. The Kier molecular flexibility index (Phi) is 3.98. The number of likely N-dealkylation sites (tertiary alicyclic amines) is 1. The molecule has 1 aromatic rings. The second kappa shape index (κ2) is 5.51. The lowest BCUT2D eigenvalue weighted by Crippen LogP contribution is -2.45. The minimum atomic E-state index is -0.0194. The number of carbonyl (C=O) groups excluding carboxylic acids is 1. The van der Waals surface area contributed by atoms with Crippen LogP contribution in [0.2, 0.25) is 0 Å². The Bertz CT molecular complexity index is 473. The van der Waals surface area contributed by atoms with Crippen LogP contribution in [-0.2, 0) is 0 Å². The highest BCUT2D eigenvalue weighted by Crippen LogP contribution is 2.29. The Hall–Kier alpha value is -1.71. The van der Waals surface area contributed by atoms with Gasteiger partial charge in [-0.15, -0.1) is 0 Å². The normalized spacial score (nSPS) is 23.2. The van der Waals surface area contributed by atoms with Crippen molar-refractivity contribution in [3.63, 3.8) is 0 Å². The zero-order valence-electron chi connectivity index (χ0n) is 11.8. The Labute approximate surface area is 114 Å². The molecule has 0 aromatic heterocycles.